The number of aromatic nitrogens is 2. The average Bonchev–Trinajstić information content (AvgIpc) is 3.04. The lowest BCUT2D eigenvalue weighted by Crippen LogP contribution is -2.36. The Bertz CT molecular complexity index is 1150. The summed E-state index contributed by atoms with van der Waals surface area (Å²) in [5.74, 6) is -0.00818. The highest BCUT2D eigenvalue weighted by Crippen LogP contribution is 2.23. The number of nitrogens with zero attached hydrogens (tertiary/aromatic N) is 3. The Morgan fingerprint density at radius 3 is 2.47 bits per heavy atom. The van der Waals surface area contributed by atoms with Crippen LogP contribution in [0.15, 0.2) is 47.5 Å². The zero-order valence-corrected chi connectivity index (χ0v) is 20.2. The molecule has 1 aromatic heterocycles. The fourth-order valence-electron chi connectivity index (χ4n) is 3.48. The van der Waals surface area contributed by atoms with Gasteiger partial charge in [0.05, 0.1) is 16.3 Å². The summed E-state index contributed by atoms with van der Waals surface area (Å²) in [5, 5.41) is 11.6. The Kier molecular flexibility index (Phi) is 7.94. The molecule has 0 saturated heterocycles. The molecule has 2 N–H and O–H groups in total. The quantitative estimate of drug-likeness (QED) is 0.364. The molecule has 3 aromatic rings. The highest BCUT2D eigenvalue weighted by atomic mass is 35.5. The molecule has 0 atom stereocenters. The first kappa shape index (κ1) is 23.8. The van der Waals surface area contributed by atoms with Crippen LogP contribution in [-0.4, -0.2) is 28.2 Å². The molecular weight excluding hydrogens is 445 g/mol. The highest BCUT2D eigenvalue weighted by molar-refractivity contribution is 6.34. The third-order valence-electron chi connectivity index (χ3n) is 5.33. The molecule has 0 bridgehead atoms. The summed E-state index contributed by atoms with van der Waals surface area (Å²) in [6, 6.07) is 12.4. The van der Waals surface area contributed by atoms with Gasteiger partial charge in [-0.2, -0.15) is 5.10 Å². The number of aryl methyl sites for hydroxylation is 2. The van der Waals surface area contributed by atoms with Gasteiger partial charge in [0.15, 0.2) is 0 Å². The Morgan fingerprint density at radius 1 is 1.06 bits per heavy atom. The van der Waals surface area contributed by atoms with Crippen LogP contribution in [0.5, 0.6) is 0 Å². The SMILES string of the molecule is CCn1nc(C)c(CCN=C(NC(=O)c2ccccc2Cl)Nc2cccc(Cl)c2C)c1C. The van der Waals surface area contributed by atoms with Gasteiger partial charge in [-0.25, -0.2) is 0 Å². The number of hydrogen-bond acceptors (Lipinski definition) is 3. The normalized spacial score (nSPS) is 11.5. The van der Waals surface area contributed by atoms with Gasteiger partial charge < -0.3 is 5.32 Å². The number of carbonyl (C=O) groups excluding carboxylic acids is 1. The number of anilines is 1. The smallest absolute Gasteiger partial charge is 0.259 e. The monoisotopic (exact) mass is 471 g/mol. The van der Waals surface area contributed by atoms with Gasteiger partial charge in [0, 0.05) is 29.5 Å². The van der Waals surface area contributed by atoms with Gasteiger partial charge in [-0.3, -0.25) is 19.8 Å². The van der Waals surface area contributed by atoms with E-state index >= 15 is 0 Å². The van der Waals surface area contributed by atoms with Crippen molar-refractivity contribution in [2.75, 3.05) is 11.9 Å². The Labute approximate surface area is 198 Å². The number of guanidine groups is 1. The van der Waals surface area contributed by atoms with E-state index in [9.17, 15) is 4.79 Å². The zero-order valence-electron chi connectivity index (χ0n) is 18.7. The van der Waals surface area contributed by atoms with E-state index in [0.717, 1.165) is 29.2 Å². The van der Waals surface area contributed by atoms with Gasteiger partial charge in [-0.05, 0) is 69.5 Å². The predicted molar refractivity (Wildman–Crippen MR) is 132 cm³/mol. The number of carbonyl (C=O) groups is 1. The summed E-state index contributed by atoms with van der Waals surface area (Å²) in [4.78, 5) is 17.5. The summed E-state index contributed by atoms with van der Waals surface area (Å²) in [5.41, 5.74) is 5.32. The first-order chi connectivity index (χ1) is 15.3. The van der Waals surface area contributed by atoms with Crippen LogP contribution in [0.3, 0.4) is 0 Å². The molecule has 0 aliphatic heterocycles. The van der Waals surface area contributed by atoms with E-state index in [1.54, 1.807) is 24.3 Å². The van der Waals surface area contributed by atoms with Crippen LogP contribution < -0.4 is 10.6 Å². The minimum atomic E-state index is -0.340. The molecule has 0 radical (unpaired) electrons. The van der Waals surface area contributed by atoms with Crippen LogP contribution >= 0.6 is 23.2 Å². The Hall–Kier alpha value is -2.83. The number of nitrogens with one attached hydrogen (secondary N) is 2. The van der Waals surface area contributed by atoms with Gasteiger partial charge in [0.1, 0.15) is 0 Å². The molecule has 8 heteroatoms. The van der Waals surface area contributed by atoms with Crippen LogP contribution in [0.2, 0.25) is 10.0 Å². The molecule has 32 heavy (non-hydrogen) atoms. The molecule has 0 fully saturated rings. The topological polar surface area (TPSA) is 71.3 Å². The first-order valence-corrected chi connectivity index (χ1v) is 11.2. The van der Waals surface area contributed by atoms with Crippen molar-refractivity contribution in [1.82, 2.24) is 15.1 Å². The molecule has 0 unspecified atom stereocenters. The average molecular weight is 472 g/mol. The lowest BCUT2D eigenvalue weighted by Gasteiger charge is -2.15. The van der Waals surface area contributed by atoms with E-state index in [1.807, 2.05) is 36.7 Å². The van der Waals surface area contributed by atoms with E-state index in [4.69, 9.17) is 23.2 Å². The van der Waals surface area contributed by atoms with Gasteiger partial charge in [0.2, 0.25) is 5.96 Å². The third kappa shape index (κ3) is 5.50. The van der Waals surface area contributed by atoms with E-state index < -0.39 is 0 Å². The number of aliphatic imine (C=N–C) groups is 1. The van der Waals surface area contributed by atoms with Crippen molar-refractivity contribution in [3.05, 3.63) is 80.6 Å². The fraction of sp³-hybridized carbons (Fsp3) is 0.292. The third-order valence-corrected chi connectivity index (χ3v) is 6.07. The van der Waals surface area contributed by atoms with Crippen LogP contribution in [0.25, 0.3) is 0 Å². The maximum Gasteiger partial charge on any atom is 0.259 e. The molecular formula is C24H27Cl2N5O. The van der Waals surface area contributed by atoms with Crippen LogP contribution in [0, 0.1) is 20.8 Å². The Morgan fingerprint density at radius 2 is 1.78 bits per heavy atom. The van der Waals surface area contributed by atoms with Crippen molar-refractivity contribution in [2.24, 2.45) is 4.99 Å². The van der Waals surface area contributed by atoms with E-state index in [1.165, 1.54) is 5.56 Å². The summed E-state index contributed by atoms with van der Waals surface area (Å²) >= 11 is 12.5. The highest BCUT2D eigenvalue weighted by Gasteiger charge is 2.14. The van der Waals surface area contributed by atoms with Crippen molar-refractivity contribution in [1.29, 1.82) is 0 Å². The molecule has 0 aliphatic carbocycles. The standard InChI is InChI=1S/C24H27Cl2N5O/c1-5-31-17(4)18(16(3)30-31)13-14-27-24(28-22-12-8-11-20(25)15(22)2)29-23(32)19-9-6-7-10-21(19)26/h6-12H,5,13-14H2,1-4H3,(H2,27,28,29,32). The number of rotatable bonds is 6. The fourth-order valence-corrected chi connectivity index (χ4v) is 3.88. The largest absolute Gasteiger partial charge is 0.326 e. The minimum Gasteiger partial charge on any atom is -0.326 e. The van der Waals surface area contributed by atoms with Crippen molar-refractivity contribution in [2.45, 2.75) is 40.7 Å². The second kappa shape index (κ2) is 10.7. The van der Waals surface area contributed by atoms with E-state index in [-0.39, 0.29) is 5.91 Å². The minimum absolute atomic E-state index is 0.332. The second-order valence-electron chi connectivity index (χ2n) is 7.42. The van der Waals surface area contributed by atoms with Gasteiger partial charge >= 0.3 is 0 Å². The number of amides is 1. The number of benzene rings is 2. The second-order valence-corrected chi connectivity index (χ2v) is 8.23. The van der Waals surface area contributed by atoms with E-state index in [2.05, 4.69) is 34.6 Å². The molecule has 6 nitrogen and oxygen atoms in total. The van der Waals surface area contributed by atoms with Crippen LogP contribution in [0.1, 0.15) is 39.8 Å². The molecule has 0 spiro atoms. The van der Waals surface area contributed by atoms with Crippen LogP contribution in [0.4, 0.5) is 5.69 Å². The van der Waals surface area contributed by atoms with Crippen molar-refractivity contribution in [3.8, 4) is 0 Å². The lowest BCUT2D eigenvalue weighted by molar-refractivity contribution is 0.0977. The lowest BCUT2D eigenvalue weighted by atomic mass is 10.1. The van der Waals surface area contributed by atoms with Crippen molar-refractivity contribution >= 4 is 40.8 Å². The predicted octanol–water partition coefficient (Wildman–Crippen LogP) is 5.58. The maximum absolute atomic E-state index is 12.8. The van der Waals surface area contributed by atoms with E-state index in [0.29, 0.717) is 34.5 Å². The summed E-state index contributed by atoms with van der Waals surface area (Å²) < 4.78 is 1.99. The molecule has 168 valence electrons. The van der Waals surface area contributed by atoms with Gasteiger partial charge in [-0.15, -0.1) is 0 Å². The molecule has 0 aliphatic rings. The first-order valence-electron chi connectivity index (χ1n) is 10.5. The number of halogens is 2. The molecule has 2 aromatic carbocycles. The Balaban J connectivity index is 1.84. The zero-order chi connectivity index (χ0) is 23.3. The molecule has 3 rings (SSSR count). The van der Waals surface area contributed by atoms with Crippen molar-refractivity contribution < 1.29 is 4.79 Å². The summed E-state index contributed by atoms with van der Waals surface area (Å²) in [6.07, 6.45) is 0.708. The van der Waals surface area contributed by atoms with Gasteiger partial charge in [0.25, 0.3) is 5.91 Å². The molecule has 0 saturated carbocycles. The molecule has 1 amide bonds. The molecule has 1 heterocycles. The summed E-state index contributed by atoms with van der Waals surface area (Å²) in [6.45, 7) is 9.35. The van der Waals surface area contributed by atoms with Gasteiger partial charge in [-0.1, -0.05) is 41.4 Å². The maximum atomic E-state index is 12.8. The summed E-state index contributed by atoms with van der Waals surface area (Å²) in [7, 11) is 0. The van der Waals surface area contributed by atoms with Crippen molar-refractivity contribution in [3.63, 3.8) is 0 Å². The number of hydrogen-bond donors (Lipinski definition) is 2. The van der Waals surface area contributed by atoms with Crippen LogP contribution in [-0.2, 0) is 13.0 Å².